The molecule has 1 aromatic heterocycles. The molecule has 1 heterocycles. The number of fused-ring (bicyclic) bond motifs is 1. The van der Waals surface area contributed by atoms with Gasteiger partial charge < -0.3 is 10.5 Å². The fourth-order valence-corrected chi connectivity index (χ4v) is 3.47. The summed E-state index contributed by atoms with van der Waals surface area (Å²) in [6.45, 7) is 4.05. The number of benzene rings is 2. The van der Waals surface area contributed by atoms with Crippen molar-refractivity contribution in [1.29, 1.82) is 0 Å². The van der Waals surface area contributed by atoms with Gasteiger partial charge in [0.2, 0.25) is 0 Å². The SMILES string of the molecule is CC(C)Oc1cccc(C(N)c2csc3ccccc23)c1. The van der Waals surface area contributed by atoms with Crippen LogP contribution in [0.25, 0.3) is 10.1 Å². The molecule has 3 aromatic rings. The van der Waals surface area contributed by atoms with Crippen LogP contribution in [0.15, 0.2) is 53.9 Å². The molecule has 108 valence electrons. The normalized spacial score (nSPS) is 12.8. The van der Waals surface area contributed by atoms with Gasteiger partial charge in [0.05, 0.1) is 12.1 Å². The monoisotopic (exact) mass is 297 g/mol. The summed E-state index contributed by atoms with van der Waals surface area (Å²) < 4.78 is 7.03. The molecule has 1 atom stereocenters. The van der Waals surface area contributed by atoms with E-state index in [2.05, 4.69) is 35.7 Å². The van der Waals surface area contributed by atoms with Crippen LogP contribution in [0.1, 0.15) is 31.0 Å². The third kappa shape index (κ3) is 2.94. The van der Waals surface area contributed by atoms with E-state index in [1.165, 1.54) is 15.6 Å². The van der Waals surface area contributed by atoms with Crippen LogP contribution >= 0.6 is 11.3 Å². The van der Waals surface area contributed by atoms with Crippen molar-refractivity contribution in [2.24, 2.45) is 5.73 Å². The highest BCUT2D eigenvalue weighted by Gasteiger charge is 2.14. The highest BCUT2D eigenvalue weighted by molar-refractivity contribution is 7.17. The third-order valence-corrected chi connectivity index (χ3v) is 4.42. The molecule has 0 aliphatic heterocycles. The summed E-state index contributed by atoms with van der Waals surface area (Å²) in [5.41, 5.74) is 8.74. The lowest BCUT2D eigenvalue weighted by molar-refractivity contribution is 0.242. The molecule has 0 aliphatic rings. The number of nitrogens with two attached hydrogens (primary N) is 1. The van der Waals surface area contributed by atoms with E-state index in [4.69, 9.17) is 10.5 Å². The molecule has 0 aliphatic carbocycles. The fourth-order valence-electron chi connectivity index (χ4n) is 2.47. The van der Waals surface area contributed by atoms with Crippen molar-refractivity contribution < 1.29 is 4.74 Å². The Morgan fingerprint density at radius 2 is 1.86 bits per heavy atom. The van der Waals surface area contributed by atoms with Gasteiger partial charge in [-0.2, -0.15) is 0 Å². The van der Waals surface area contributed by atoms with E-state index >= 15 is 0 Å². The minimum absolute atomic E-state index is 0.128. The molecule has 0 radical (unpaired) electrons. The molecule has 21 heavy (non-hydrogen) atoms. The van der Waals surface area contributed by atoms with Gasteiger partial charge in [0.25, 0.3) is 0 Å². The zero-order valence-corrected chi connectivity index (χ0v) is 13.1. The number of rotatable bonds is 4. The lowest BCUT2D eigenvalue weighted by atomic mass is 9.99. The Kier molecular flexibility index (Phi) is 3.95. The number of ether oxygens (including phenoxy) is 1. The molecule has 2 aromatic carbocycles. The Morgan fingerprint density at radius 3 is 2.67 bits per heavy atom. The molecule has 0 fully saturated rings. The Balaban J connectivity index is 1.96. The predicted octanol–water partition coefficient (Wildman–Crippen LogP) is 4.74. The average Bonchev–Trinajstić information content (AvgIpc) is 2.90. The quantitative estimate of drug-likeness (QED) is 0.755. The summed E-state index contributed by atoms with van der Waals surface area (Å²) in [5.74, 6) is 0.873. The topological polar surface area (TPSA) is 35.2 Å². The van der Waals surface area contributed by atoms with E-state index in [9.17, 15) is 0 Å². The smallest absolute Gasteiger partial charge is 0.120 e. The largest absolute Gasteiger partial charge is 0.491 e. The maximum atomic E-state index is 6.48. The second kappa shape index (κ2) is 5.88. The van der Waals surface area contributed by atoms with E-state index < -0.39 is 0 Å². The summed E-state index contributed by atoms with van der Waals surface area (Å²) in [6.07, 6.45) is 0.165. The molecule has 0 saturated heterocycles. The number of thiophene rings is 1. The molecule has 1 unspecified atom stereocenters. The van der Waals surface area contributed by atoms with Crippen LogP contribution in [0, 0.1) is 0 Å². The molecular formula is C18H19NOS. The van der Waals surface area contributed by atoms with E-state index in [-0.39, 0.29) is 12.1 Å². The number of hydrogen-bond donors (Lipinski definition) is 1. The van der Waals surface area contributed by atoms with E-state index in [1.54, 1.807) is 11.3 Å². The standard InChI is InChI=1S/C18H19NOS/c1-12(2)20-14-7-5-6-13(10-14)18(19)16-11-21-17-9-4-3-8-15(16)17/h3-12,18H,19H2,1-2H3. The van der Waals surface area contributed by atoms with Crippen LogP contribution in [-0.4, -0.2) is 6.10 Å². The molecule has 2 N–H and O–H groups in total. The third-order valence-electron chi connectivity index (χ3n) is 3.43. The summed E-state index contributed by atoms with van der Waals surface area (Å²) >= 11 is 1.74. The van der Waals surface area contributed by atoms with Crippen molar-refractivity contribution in [2.45, 2.75) is 26.0 Å². The van der Waals surface area contributed by atoms with Crippen LogP contribution in [0.3, 0.4) is 0 Å². The first kappa shape index (κ1) is 14.1. The summed E-state index contributed by atoms with van der Waals surface area (Å²) in [5, 5.41) is 3.40. The van der Waals surface area contributed by atoms with Crippen molar-refractivity contribution >= 4 is 21.4 Å². The molecule has 0 saturated carbocycles. The van der Waals surface area contributed by atoms with Gasteiger partial charge in [-0.15, -0.1) is 11.3 Å². The maximum Gasteiger partial charge on any atom is 0.120 e. The van der Waals surface area contributed by atoms with Crippen LogP contribution in [0.4, 0.5) is 0 Å². The molecular weight excluding hydrogens is 278 g/mol. The molecule has 3 heteroatoms. The Hall–Kier alpha value is -1.84. The molecule has 3 rings (SSSR count). The Bertz CT molecular complexity index is 748. The van der Waals surface area contributed by atoms with Gasteiger partial charge in [0.15, 0.2) is 0 Å². The highest BCUT2D eigenvalue weighted by atomic mass is 32.1. The lowest BCUT2D eigenvalue weighted by Crippen LogP contribution is -2.12. The van der Waals surface area contributed by atoms with Gasteiger partial charge in [-0.25, -0.2) is 0 Å². The maximum absolute atomic E-state index is 6.48. The first-order chi connectivity index (χ1) is 10.1. The van der Waals surface area contributed by atoms with E-state index in [1.807, 2.05) is 32.0 Å². The van der Waals surface area contributed by atoms with Crippen LogP contribution < -0.4 is 10.5 Å². The van der Waals surface area contributed by atoms with Gasteiger partial charge in [0.1, 0.15) is 5.75 Å². The molecule has 0 spiro atoms. The first-order valence-electron chi connectivity index (χ1n) is 7.13. The predicted molar refractivity (Wildman–Crippen MR) is 90.1 cm³/mol. The highest BCUT2D eigenvalue weighted by Crippen LogP contribution is 2.33. The molecule has 2 nitrogen and oxygen atoms in total. The summed E-state index contributed by atoms with van der Waals surface area (Å²) in [6, 6.07) is 16.3. The zero-order chi connectivity index (χ0) is 14.8. The van der Waals surface area contributed by atoms with Gasteiger partial charge in [-0.1, -0.05) is 30.3 Å². The van der Waals surface area contributed by atoms with E-state index in [0.29, 0.717) is 0 Å². The molecule has 0 bridgehead atoms. The van der Waals surface area contributed by atoms with Crippen molar-refractivity contribution in [3.63, 3.8) is 0 Å². The van der Waals surface area contributed by atoms with Crippen molar-refractivity contribution in [1.82, 2.24) is 0 Å². The number of hydrogen-bond acceptors (Lipinski definition) is 3. The zero-order valence-electron chi connectivity index (χ0n) is 12.2. The fraction of sp³-hybridized carbons (Fsp3) is 0.222. The minimum atomic E-state index is -0.128. The summed E-state index contributed by atoms with van der Waals surface area (Å²) in [7, 11) is 0. The van der Waals surface area contributed by atoms with Gasteiger partial charge in [0, 0.05) is 4.70 Å². The van der Waals surface area contributed by atoms with Crippen LogP contribution in [0.2, 0.25) is 0 Å². The second-order valence-electron chi connectivity index (χ2n) is 5.40. The van der Waals surface area contributed by atoms with Gasteiger partial charge >= 0.3 is 0 Å². The van der Waals surface area contributed by atoms with Gasteiger partial charge in [-0.05, 0) is 53.9 Å². The second-order valence-corrected chi connectivity index (χ2v) is 6.32. The average molecular weight is 297 g/mol. The van der Waals surface area contributed by atoms with Gasteiger partial charge in [-0.3, -0.25) is 0 Å². The van der Waals surface area contributed by atoms with Crippen molar-refractivity contribution in [2.75, 3.05) is 0 Å². The van der Waals surface area contributed by atoms with Crippen molar-refractivity contribution in [3.05, 3.63) is 65.0 Å². The Morgan fingerprint density at radius 1 is 1.05 bits per heavy atom. The van der Waals surface area contributed by atoms with Crippen molar-refractivity contribution in [3.8, 4) is 5.75 Å². The minimum Gasteiger partial charge on any atom is -0.491 e. The first-order valence-corrected chi connectivity index (χ1v) is 8.01. The molecule has 0 amide bonds. The van der Waals surface area contributed by atoms with Crippen LogP contribution in [0.5, 0.6) is 5.75 Å². The van der Waals surface area contributed by atoms with Crippen LogP contribution in [-0.2, 0) is 0 Å². The Labute approximate surface area is 129 Å². The van der Waals surface area contributed by atoms with E-state index in [0.717, 1.165) is 11.3 Å². The summed E-state index contributed by atoms with van der Waals surface area (Å²) in [4.78, 5) is 0. The lowest BCUT2D eigenvalue weighted by Gasteiger charge is -2.15.